The number of hydrogen-bond donors (Lipinski definition) is 1. The van der Waals surface area contributed by atoms with E-state index in [0.29, 0.717) is 11.3 Å². The second-order valence-corrected chi connectivity index (χ2v) is 3.85. The predicted molar refractivity (Wildman–Crippen MR) is 60.8 cm³/mol. The molecule has 2 N–H and O–H groups in total. The van der Waals surface area contributed by atoms with E-state index in [9.17, 15) is 14.4 Å². The summed E-state index contributed by atoms with van der Waals surface area (Å²) in [4.78, 5) is 40.4. The SMILES string of the molecule is CN1C(=O)C(=O)N(Cc2cccnc2CN)C1=O. The highest BCUT2D eigenvalue weighted by Gasteiger charge is 2.42. The third kappa shape index (κ3) is 1.84. The molecule has 0 saturated carbocycles. The van der Waals surface area contributed by atoms with E-state index in [0.717, 1.165) is 9.80 Å². The lowest BCUT2D eigenvalue weighted by Gasteiger charge is -2.14. The Hall–Kier alpha value is -2.28. The molecule has 2 rings (SSSR count). The minimum Gasteiger partial charge on any atom is -0.325 e. The van der Waals surface area contributed by atoms with Crippen LogP contribution in [0.25, 0.3) is 0 Å². The average molecular weight is 248 g/mol. The summed E-state index contributed by atoms with van der Waals surface area (Å²) in [5, 5.41) is 0. The van der Waals surface area contributed by atoms with Crippen LogP contribution in [-0.2, 0) is 22.7 Å². The summed E-state index contributed by atoms with van der Waals surface area (Å²) >= 11 is 0. The van der Waals surface area contributed by atoms with E-state index in [1.54, 1.807) is 18.3 Å². The molecule has 1 aliphatic heterocycles. The molecule has 1 aromatic rings. The van der Waals surface area contributed by atoms with Crippen LogP contribution in [0.5, 0.6) is 0 Å². The van der Waals surface area contributed by atoms with Crippen molar-refractivity contribution in [2.24, 2.45) is 5.73 Å². The maximum Gasteiger partial charge on any atom is 0.334 e. The van der Waals surface area contributed by atoms with Gasteiger partial charge >= 0.3 is 17.8 Å². The Bertz CT molecular complexity index is 529. The van der Waals surface area contributed by atoms with E-state index in [2.05, 4.69) is 4.98 Å². The van der Waals surface area contributed by atoms with Crippen molar-refractivity contribution in [3.8, 4) is 0 Å². The van der Waals surface area contributed by atoms with Crippen molar-refractivity contribution < 1.29 is 14.4 Å². The number of nitrogens with zero attached hydrogens (tertiary/aromatic N) is 3. The summed E-state index contributed by atoms with van der Waals surface area (Å²) < 4.78 is 0. The number of likely N-dealkylation sites (N-methyl/N-ethyl adjacent to an activating group) is 1. The van der Waals surface area contributed by atoms with Gasteiger partial charge < -0.3 is 5.73 Å². The topological polar surface area (TPSA) is 96.6 Å². The van der Waals surface area contributed by atoms with Gasteiger partial charge in [-0.2, -0.15) is 0 Å². The first-order valence-electron chi connectivity index (χ1n) is 5.32. The molecular weight excluding hydrogens is 236 g/mol. The molecule has 0 bridgehead atoms. The Morgan fingerprint density at radius 2 is 2.00 bits per heavy atom. The summed E-state index contributed by atoms with van der Waals surface area (Å²) in [5.74, 6) is -1.65. The molecule has 1 aromatic heterocycles. The Morgan fingerprint density at radius 3 is 2.56 bits per heavy atom. The molecule has 0 aromatic carbocycles. The average Bonchev–Trinajstić information content (AvgIpc) is 2.57. The van der Waals surface area contributed by atoms with Crippen molar-refractivity contribution in [3.63, 3.8) is 0 Å². The molecule has 7 heteroatoms. The molecule has 0 spiro atoms. The van der Waals surface area contributed by atoms with Crippen molar-refractivity contribution in [1.82, 2.24) is 14.8 Å². The number of carbonyl (C=O) groups is 3. The second-order valence-electron chi connectivity index (χ2n) is 3.85. The summed E-state index contributed by atoms with van der Waals surface area (Å²) in [5.41, 5.74) is 6.78. The molecule has 1 fully saturated rings. The van der Waals surface area contributed by atoms with Crippen LogP contribution in [0.3, 0.4) is 0 Å². The van der Waals surface area contributed by atoms with Gasteiger partial charge in [-0.15, -0.1) is 0 Å². The van der Waals surface area contributed by atoms with E-state index in [1.807, 2.05) is 0 Å². The molecule has 0 radical (unpaired) electrons. The van der Waals surface area contributed by atoms with Crippen LogP contribution in [0.2, 0.25) is 0 Å². The van der Waals surface area contributed by atoms with Crippen molar-refractivity contribution in [1.29, 1.82) is 0 Å². The van der Waals surface area contributed by atoms with Gasteiger partial charge in [0.15, 0.2) is 0 Å². The highest BCUT2D eigenvalue weighted by atomic mass is 16.2. The third-order valence-corrected chi connectivity index (χ3v) is 2.76. The largest absolute Gasteiger partial charge is 0.334 e. The second kappa shape index (κ2) is 4.53. The zero-order chi connectivity index (χ0) is 13.3. The Morgan fingerprint density at radius 1 is 1.28 bits per heavy atom. The number of amides is 4. The maximum absolute atomic E-state index is 11.7. The van der Waals surface area contributed by atoms with Crippen LogP contribution in [0.1, 0.15) is 11.3 Å². The summed E-state index contributed by atoms with van der Waals surface area (Å²) in [6.45, 7) is 0.213. The first-order chi connectivity index (χ1) is 8.56. The lowest BCUT2D eigenvalue weighted by Crippen LogP contribution is -2.31. The number of urea groups is 1. The minimum atomic E-state index is -0.825. The number of pyridine rings is 1. The summed E-state index contributed by atoms with van der Waals surface area (Å²) in [6.07, 6.45) is 1.58. The van der Waals surface area contributed by atoms with Crippen molar-refractivity contribution in [2.75, 3.05) is 7.05 Å². The van der Waals surface area contributed by atoms with E-state index < -0.39 is 17.8 Å². The molecular formula is C11H12N4O3. The number of hydrogen-bond acceptors (Lipinski definition) is 5. The first kappa shape index (κ1) is 12.2. The number of imide groups is 2. The van der Waals surface area contributed by atoms with Gasteiger partial charge in [0.05, 0.1) is 12.2 Å². The van der Waals surface area contributed by atoms with E-state index in [4.69, 9.17) is 5.73 Å². The van der Waals surface area contributed by atoms with Gasteiger partial charge in [0.25, 0.3) is 0 Å². The zero-order valence-electron chi connectivity index (χ0n) is 9.79. The number of rotatable bonds is 3. The van der Waals surface area contributed by atoms with Crippen LogP contribution in [-0.4, -0.2) is 39.7 Å². The van der Waals surface area contributed by atoms with Gasteiger partial charge in [0.2, 0.25) is 0 Å². The highest BCUT2D eigenvalue weighted by Crippen LogP contribution is 2.15. The molecule has 18 heavy (non-hydrogen) atoms. The number of nitrogens with two attached hydrogens (primary N) is 1. The quantitative estimate of drug-likeness (QED) is 0.572. The van der Waals surface area contributed by atoms with Crippen LogP contribution >= 0.6 is 0 Å². The number of carbonyl (C=O) groups excluding carboxylic acids is 3. The van der Waals surface area contributed by atoms with Gasteiger partial charge in [-0.05, 0) is 11.6 Å². The minimum absolute atomic E-state index is 0.00806. The standard InChI is InChI=1S/C11H12N4O3/c1-14-9(16)10(17)15(11(14)18)6-7-3-2-4-13-8(7)5-12/h2-4H,5-6,12H2,1H3. The van der Waals surface area contributed by atoms with Gasteiger partial charge in [0.1, 0.15) is 0 Å². The predicted octanol–water partition coefficient (Wildman–Crippen LogP) is -0.539. The fourth-order valence-electron chi connectivity index (χ4n) is 1.72. The lowest BCUT2D eigenvalue weighted by molar-refractivity contribution is -0.143. The van der Waals surface area contributed by atoms with Gasteiger partial charge in [-0.25, -0.2) is 4.79 Å². The van der Waals surface area contributed by atoms with Gasteiger partial charge in [0, 0.05) is 19.8 Å². The Labute approximate surface area is 103 Å². The van der Waals surface area contributed by atoms with Crippen molar-refractivity contribution in [3.05, 3.63) is 29.6 Å². The van der Waals surface area contributed by atoms with Gasteiger partial charge in [-0.1, -0.05) is 6.07 Å². The fraction of sp³-hybridized carbons (Fsp3) is 0.273. The highest BCUT2D eigenvalue weighted by molar-refractivity contribution is 6.44. The van der Waals surface area contributed by atoms with Gasteiger partial charge in [-0.3, -0.25) is 24.4 Å². The molecule has 0 atom stereocenters. The summed E-state index contributed by atoms with van der Waals surface area (Å²) in [7, 11) is 1.27. The fourth-order valence-corrected chi connectivity index (χ4v) is 1.72. The normalized spacial score (nSPS) is 15.8. The number of aromatic nitrogens is 1. The van der Waals surface area contributed by atoms with Crippen LogP contribution in [0.4, 0.5) is 4.79 Å². The summed E-state index contributed by atoms with van der Waals surface area (Å²) in [6, 6.07) is 2.78. The molecule has 0 unspecified atom stereocenters. The molecule has 0 aliphatic carbocycles. The van der Waals surface area contributed by atoms with Crippen LogP contribution < -0.4 is 5.73 Å². The molecule has 1 aliphatic rings. The Balaban J connectivity index is 2.27. The molecule has 1 saturated heterocycles. The smallest absolute Gasteiger partial charge is 0.325 e. The Kier molecular flexibility index (Phi) is 3.07. The monoisotopic (exact) mass is 248 g/mol. The van der Waals surface area contributed by atoms with Crippen molar-refractivity contribution >= 4 is 17.8 Å². The zero-order valence-corrected chi connectivity index (χ0v) is 9.79. The lowest BCUT2D eigenvalue weighted by atomic mass is 10.2. The first-order valence-corrected chi connectivity index (χ1v) is 5.32. The molecule has 94 valence electrons. The van der Waals surface area contributed by atoms with E-state index in [-0.39, 0.29) is 13.1 Å². The van der Waals surface area contributed by atoms with Crippen molar-refractivity contribution in [2.45, 2.75) is 13.1 Å². The van der Waals surface area contributed by atoms with Crippen LogP contribution in [0, 0.1) is 0 Å². The molecule has 4 amide bonds. The van der Waals surface area contributed by atoms with E-state index >= 15 is 0 Å². The molecule has 7 nitrogen and oxygen atoms in total. The maximum atomic E-state index is 11.7. The molecule has 2 heterocycles. The third-order valence-electron chi connectivity index (χ3n) is 2.76. The van der Waals surface area contributed by atoms with Crippen LogP contribution in [0.15, 0.2) is 18.3 Å². The van der Waals surface area contributed by atoms with E-state index in [1.165, 1.54) is 7.05 Å².